The molecule has 4 aromatic rings. The quantitative estimate of drug-likeness (QED) is 0.315. The van der Waals surface area contributed by atoms with Crippen molar-refractivity contribution in [2.75, 3.05) is 33.4 Å². The molecular weight excluding hydrogens is 436 g/mol. The molecule has 1 aromatic heterocycles. The predicted octanol–water partition coefficient (Wildman–Crippen LogP) is 6.16. The van der Waals surface area contributed by atoms with Crippen molar-refractivity contribution in [3.05, 3.63) is 72.3 Å². The molecule has 0 spiro atoms. The van der Waals surface area contributed by atoms with Crippen molar-refractivity contribution in [1.29, 1.82) is 0 Å². The van der Waals surface area contributed by atoms with Crippen molar-refractivity contribution < 1.29 is 0 Å². The summed E-state index contributed by atoms with van der Waals surface area (Å²) in [6.07, 6.45) is 4.65. The Morgan fingerprint density at radius 1 is 0.941 bits per heavy atom. The second-order valence-corrected chi connectivity index (χ2v) is 10.4. The van der Waals surface area contributed by atoms with E-state index in [1.54, 1.807) is 11.8 Å². The summed E-state index contributed by atoms with van der Waals surface area (Å²) < 4.78 is 2.22. The van der Waals surface area contributed by atoms with Gasteiger partial charge in [0, 0.05) is 30.1 Å². The zero-order valence-electron chi connectivity index (χ0n) is 20.7. The number of rotatable bonds is 6. The monoisotopic (exact) mass is 470 g/mol. The van der Waals surface area contributed by atoms with Crippen LogP contribution in [0.2, 0.25) is 0 Å². The van der Waals surface area contributed by atoms with Gasteiger partial charge >= 0.3 is 0 Å². The van der Waals surface area contributed by atoms with Gasteiger partial charge in [0.25, 0.3) is 0 Å². The Kier molecular flexibility index (Phi) is 6.77. The van der Waals surface area contributed by atoms with Crippen molar-refractivity contribution in [3.63, 3.8) is 0 Å². The van der Waals surface area contributed by atoms with Gasteiger partial charge in [-0.15, -0.1) is 11.8 Å². The molecule has 0 saturated carbocycles. The Hall–Kier alpha value is -2.60. The van der Waals surface area contributed by atoms with E-state index in [0.29, 0.717) is 0 Å². The molecule has 1 saturated heterocycles. The second-order valence-electron chi connectivity index (χ2n) is 9.57. The molecule has 0 amide bonds. The number of benzene rings is 3. The van der Waals surface area contributed by atoms with Crippen molar-refractivity contribution in [3.8, 4) is 22.5 Å². The molecule has 5 rings (SSSR count). The molecule has 0 bridgehead atoms. The van der Waals surface area contributed by atoms with Crippen LogP contribution in [0.1, 0.15) is 18.4 Å². The summed E-state index contributed by atoms with van der Waals surface area (Å²) in [5.74, 6) is 1.02. The summed E-state index contributed by atoms with van der Waals surface area (Å²) in [4.78, 5) is 11.2. The van der Waals surface area contributed by atoms with Gasteiger partial charge in [-0.2, -0.15) is 0 Å². The molecule has 0 radical (unpaired) electrons. The lowest BCUT2D eigenvalue weighted by Crippen LogP contribution is -2.41. The van der Waals surface area contributed by atoms with Crippen LogP contribution >= 0.6 is 11.8 Å². The third kappa shape index (κ3) is 4.65. The normalized spacial score (nSPS) is 15.4. The van der Waals surface area contributed by atoms with Crippen LogP contribution in [-0.4, -0.2) is 58.8 Å². The molecule has 4 nitrogen and oxygen atoms in total. The fraction of sp³-hybridized carbons (Fsp3) is 0.345. The average molecular weight is 471 g/mol. The highest BCUT2D eigenvalue weighted by molar-refractivity contribution is 7.98. The van der Waals surface area contributed by atoms with E-state index in [4.69, 9.17) is 4.98 Å². The lowest BCUT2D eigenvalue weighted by Gasteiger charge is -2.35. The average Bonchev–Trinajstić information content (AvgIpc) is 3.20. The van der Waals surface area contributed by atoms with E-state index < -0.39 is 0 Å². The van der Waals surface area contributed by atoms with E-state index in [-0.39, 0.29) is 0 Å². The second kappa shape index (κ2) is 9.95. The first-order valence-electron chi connectivity index (χ1n) is 12.1. The Bertz CT molecular complexity index is 1270. The fourth-order valence-electron chi connectivity index (χ4n) is 5.09. The maximum absolute atomic E-state index is 4.96. The number of nitrogens with zero attached hydrogens (tertiary/aromatic N) is 4. The van der Waals surface area contributed by atoms with Gasteiger partial charge in [-0.05, 0) is 81.2 Å². The maximum atomic E-state index is 4.96. The molecular formula is C29H34N4S. The summed E-state index contributed by atoms with van der Waals surface area (Å²) in [6.45, 7) is 3.41. The minimum atomic E-state index is 0.732. The number of piperidine rings is 1. The number of aryl methyl sites for hydroxylation is 1. The molecule has 1 fully saturated rings. The molecule has 0 N–H and O–H groups in total. The molecule has 34 heavy (non-hydrogen) atoms. The Morgan fingerprint density at radius 2 is 1.65 bits per heavy atom. The van der Waals surface area contributed by atoms with Crippen molar-refractivity contribution >= 4 is 22.8 Å². The van der Waals surface area contributed by atoms with Gasteiger partial charge in [-0.1, -0.05) is 48.5 Å². The van der Waals surface area contributed by atoms with Crippen molar-refractivity contribution in [2.24, 2.45) is 7.05 Å². The van der Waals surface area contributed by atoms with Crippen molar-refractivity contribution in [1.82, 2.24) is 19.4 Å². The Labute approximate surface area is 207 Å². The molecule has 0 unspecified atom stereocenters. The lowest BCUT2D eigenvalue weighted by molar-refractivity contribution is 0.140. The highest BCUT2D eigenvalue weighted by atomic mass is 32.2. The standard InChI is InChI=1S/C29H34N4S/c1-31(2)24-15-17-33(18-16-24)20-21-9-11-22(12-10-21)23-13-14-26-27(19-23)32(3)29(30-26)25-7-5-6-8-28(25)34-4/h5-14,19,24H,15-18,20H2,1-4H3. The van der Waals surface area contributed by atoms with E-state index in [1.807, 2.05) is 0 Å². The maximum Gasteiger partial charge on any atom is 0.141 e. The summed E-state index contributed by atoms with van der Waals surface area (Å²) in [5.41, 5.74) is 7.27. The number of imidazole rings is 1. The van der Waals surface area contributed by atoms with Crippen LogP contribution in [0.4, 0.5) is 0 Å². The fourth-order valence-corrected chi connectivity index (χ4v) is 5.69. The molecule has 0 atom stereocenters. The molecule has 1 aliphatic rings. The predicted molar refractivity (Wildman–Crippen MR) is 145 cm³/mol. The minimum Gasteiger partial charge on any atom is -0.327 e. The van der Waals surface area contributed by atoms with Crippen LogP contribution in [0.5, 0.6) is 0 Å². The number of aromatic nitrogens is 2. The zero-order chi connectivity index (χ0) is 23.7. The first-order chi connectivity index (χ1) is 16.5. The Morgan fingerprint density at radius 3 is 2.35 bits per heavy atom. The van der Waals surface area contributed by atoms with Gasteiger partial charge in [0.05, 0.1) is 11.0 Å². The van der Waals surface area contributed by atoms with Gasteiger partial charge < -0.3 is 9.47 Å². The van der Waals surface area contributed by atoms with E-state index in [9.17, 15) is 0 Å². The number of thioether (sulfide) groups is 1. The molecule has 176 valence electrons. The van der Waals surface area contributed by atoms with Gasteiger partial charge in [0.15, 0.2) is 0 Å². The van der Waals surface area contributed by atoms with Crippen LogP contribution in [-0.2, 0) is 13.6 Å². The van der Waals surface area contributed by atoms with Gasteiger partial charge in [-0.3, -0.25) is 4.90 Å². The molecule has 2 heterocycles. The number of fused-ring (bicyclic) bond motifs is 1. The molecule has 3 aromatic carbocycles. The summed E-state index contributed by atoms with van der Waals surface area (Å²) in [6, 6.07) is 25.0. The molecule has 1 aliphatic heterocycles. The summed E-state index contributed by atoms with van der Waals surface area (Å²) >= 11 is 1.76. The highest BCUT2D eigenvalue weighted by Crippen LogP contribution is 2.33. The summed E-state index contributed by atoms with van der Waals surface area (Å²) in [5, 5.41) is 0. The third-order valence-electron chi connectivity index (χ3n) is 7.21. The van der Waals surface area contributed by atoms with Crippen LogP contribution in [0.15, 0.2) is 71.6 Å². The van der Waals surface area contributed by atoms with Crippen LogP contribution in [0.25, 0.3) is 33.5 Å². The SMILES string of the molecule is CSc1ccccc1-c1nc2ccc(-c3ccc(CN4CCC(N(C)C)CC4)cc3)cc2n1C. The third-order valence-corrected chi connectivity index (χ3v) is 8.01. The highest BCUT2D eigenvalue weighted by Gasteiger charge is 2.20. The number of hydrogen-bond donors (Lipinski definition) is 0. The molecule has 0 aliphatic carbocycles. The number of likely N-dealkylation sites (tertiary alicyclic amines) is 1. The van der Waals surface area contributed by atoms with Crippen molar-refractivity contribution in [2.45, 2.75) is 30.3 Å². The van der Waals surface area contributed by atoms with Crippen LogP contribution in [0.3, 0.4) is 0 Å². The smallest absolute Gasteiger partial charge is 0.141 e. The van der Waals surface area contributed by atoms with E-state index in [2.05, 4.69) is 108 Å². The van der Waals surface area contributed by atoms with E-state index in [0.717, 1.165) is 29.4 Å². The molecule has 5 heteroatoms. The summed E-state index contributed by atoms with van der Waals surface area (Å²) in [7, 11) is 6.52. The van der Waals surface area contributed by atoms with E-state index >= 15 is 0 Å². The topological polar surface area (TPSA) is 24.3 Å². The van der Waals surface area contributed by atoms with Gasteiger partial charge in [0.1, 0.15) is 5.82 Å². The van der Waals surface area contributed by atoms with E-state index in [1.165, 1.54) is 53.1 Å². The largest absolute Gasteiger partial charge is 0.327 e. The minimum absolute atomic E-state index is 0.732. The van der Waals surface area contributed by atoms with Crippen LogP contribution < -0.4 is 0 Å². The first-order valence-corrected chi connectivity index (χ1v) is 13.3. The zero-order valence-corrected chi connectivity index (χ0v) is 21.5. The van der Waals surface area contributed by atoms with Crippen LogP contribution in [0, 0.1) is 0 Å². The van der Waals surface area contributed by atoms with Gasteiger partial charge in [0.2, 0.25) is 0 Å². The Balaban J connectivity index is 1.35. The lowest BCUT2D eigenvalue weighted by atomic mass is 10.0. The van der Waals surface area contributed by atoms with Gasteiger partial charge in [-0.25, -0.2) is 4.98 Å². The number of hydrogen-bond acceptors (Lipinski definition) is 4. The first kappa shape index (κ1) is 23.2.